The first kappa shape index (κ1) is 25.0. The van der Waals surface area contributed by atoms with Gasteiger partial charge in [0, 0.05) is 5.39 Å². The monoisotopic (exact) mass is 528 g/mol. The third-order valence-corrected chi connectivity index (χ3v) is 7.31. The number of benzene rings is 1. The number of carbonyl (C=O) groups is 2. The first-order chi connectivity index (χ1) is 17.7. The fourth-order valence-corrected chi connectivity index (χ4v) is 5.49. The average Bonchev–Trinajstić information content (AvgIpc) is 3.49. The molecule has 1 aliphatic heterocycles. The molecule has 3 N–H and O–H groups in total. The van der Waals surface area contributed by atoms with E-state index in [1.807, 2.05) is 0 Å². The van der Waals surface area contributed by atoms with Gasteiger partial charge in [0.1, 0.15) is 21.2 Å². The van der Waals surface area contributed by atoms with E-state index in [4.69, 9.17) is 10.2 Å². The summed E-state index contributed by atoms with van der Waals surface area (Å²) < 4.78 is 46.7. The highest BCUT2D eigenvalue weighted by Gasteiger charge is 2.35. The van der Waals surface area contributed by atoms with Crippen LogP contribution < -0.4 is 11.1 Å². The molecule has 1 saturated heterocycles. The van der Waals surface area contributed by atoms with Gasteiger partial charge in [0.15, 0.2) is 5.76 Å². The summed E-state index contributed by atoms with van der Waals surface area (Å²) in [4.78, 5) is 31.2. The van der Waals surface area contributed by atoms with E-state index in [0.29, 0.717) is 29.2 Å². The number of alkyl halides is 3. The molecule has 7 nitrogen and oxygen atoms in total. The number of nitrogens with zero attached hydrogens (tertiary/aromatic N) is 2. The molecule has 37 heavy (non-hydrogen) atoms. The van der Waals surface area contributed by atoms with Crippen molar-refractivity contribution < 1.29 is 27.2 Å². The van der Waals surface area contributed by atoms with Gasteiger partial charge < -0.3 is 15.5 Å². The number of piperidine rings is 1. The molecule has 0 saturated carbocycles. The van der Waals surface area contributed by atoms with Crippen molar-refractivity contribution in [3.63, 3.8) is 0 Å². The summed E-state index contributed by atoms with van der Waals surface area (Å²) in [6.07, 6.45) is -1.29. The number of likely N-dealkylation sites (tertiary alicyclic amines) is 1. The molecule has 192 valence electrons. The summed E-state index contributed by atoms with van der Waals surface area (Å²) in [6.45, 7) is 2.49. The van der Waals surface area contributed by atoms with Crippen LogP contribution >= 0.6 is 11.3 Å². The fourth-order valence-electron chi connectivity index (χ4n) is 4.48. The van der Waals surface area contributed by atoms with Crippen LogP contribution in [-0.2, 0) is 12.7 Å². The molecule has 0 atom stereocenters. The van der Waals surface area contributed by atoms with Gasteiger partial charge in [0.05, 0.1) is 12.2 Å². The zero-order valence-corrected chi connectivity index (χ0v) is 20.4. The van der Waals surface area contributed by atoms with Crippen molar-refractivity contribution in [1.29, 1.82) is 0 Å². The van der Waals surface area contributed by atoms with Crippen molar-refractivity contribution in [2.75, 3.05) is 18.4 Å². The second kappa shape index (κ2) is 9.98. The summed E-state index contributed by atoms with van der Waals surface area (Å²) in [5.41, 5.74) is 5.09. The largest absolute Gasteiger partial charge is 0.455 e. The predicted molar refractivity (Wildman–Crippen MR) is 134 cm³/mol. The molecule has 1 aliphatic rings. The van der Waals surface area contributed by atoms with Crippen molar-refractivity contribution in [1.82, 2.24) is 9.88 Å². The van der Waals surface area contributed by atoms with Gasteiger partial charge >= 0.3 is 6.18 Å². The van der Waals surface area contributed by atoms with Gasteiger partial charge in [0.25, 0.3) is 11.8 Å². The first-order valence-corrected chi connectivity index (χ1v) is 12.5. The highest BCUT2D eigenvalue weighted by Crippen LogP contribution is 2.43. The van der Waals surface area contributed by atoms with Crippen LogP contribution in [0.1, 0.15) is 50.9 Å². The van der Waals surface area contributed by atoms with Crippen LogP contribution in [0.15, 0.2) is 52.9 Å². The maximum Gasteiger partial charge on any atom is 0.433 e. The average molecular weight is 529 g/mol. The Balaban J connectivity index is 1.55. The smallest absolute Gasteiger partial charge is 0.433 e. The summed E-state index contributed by atoms with van der Waals surface area (Å²) >= 11 is 0.699. The number of carbonyl (C=O) groups excluding carboxylic acids is 2. The van der Waals surface area contributed by atoms with E-state index in [2.05, 4.69) is 15.2 Å². The second-order valence-corrected chi connectivity index (χ2v) is 9.83. The molecule has 4 heterocycles. The molecule has 0 aliphatic carbocycles. The van der Waals surface area contributed by atoms with Gasteiger partial charge in [0.2, 0.25) is 0 Å². The van der Waals surface area contributed by atoms with Crippen molar-refractivity contribution >= 4 is 39.1 Å². The number of pyridine rings is 1. The lowest BCUT2D eigenvalue weighted by molar-refractivity contribution is -0.140. The van der Waals surface area contributed by atoms with Gasteiger partial charge in [-0.05, 0) is 55.3 Å². The van der Waals surface area contributed by atoms with Gasteiger partial charge in [-0.1, -0.05) is 36.8 Å². The standard InChI is InChI=1S/C26H23F3N4O3S/c27-26(28,29)19-13-17(15-7-3-1-4-8-15)20-21(22(23(30)34)37-25(20)31-19)32-24(35)18-10-9-16(36-18)14-33-11-5-2-6-12-33/h1,3-4,7-10,13H,2,5-6,11-12,14H2,(H2,30,34)(H,32,35). The summed E-state index contributed by atoms with van der Waals surface area (Å²) in [5, 5.41) is 2.86. The Labute approximate surface area is 214 Å². The van der Waals surface area contributed by atoms with Gasteiger partial charge in [-0.25, -0.2) is 4.98 Å². The lowest BCUT2D eigenvalue weighted by Crippen LogP contribution is -2.28. The van der Waals surface area contributed by atoms with Crippen LogP contribution in [0.4, 0.5) is 18.9 Å². The Bertz CT molecular complexity index is 1460. The van der Waals surface area contributed by atoms with Crippen LogP contribution in [0.3, 0.4) is 0 Å². The minimum atomic E-state index is -4.71. The molecular weight excluding hydrogens is 505 g/mol. The van der Waals surface area contributed by atoms with Gasteiger partial charge in [-0.3, -0.25) is 14.5 Å². The van der Waals surface area contributed by atoms with Gasteiger partial charge in [-0.2, -0.15) is 13.2 Å². The van der Waals surface area contributed by atoms with E-state index < -0.39 is 23.7 Å². The van der Waals surface area contributed by atoms with Crippen molar-refractivity contribution in [3.8, 4) is 11.1 Å². The number of amides is 2. The fraction of sp³-hybridized carbons (Fsp3) is 0.269. The van der Waals surface area contributed by atoms with Crippen molar-refractivity contribution in [2.45, 2.75) is 32.0 Å². The van der Waals surface area contributed by atoms with E-state index in [0.717, 1.165) is 32.0 Å². The third-order valence-electron chi connectivity index (χ3n) is 6.21. The molecule has 0 spiro atoms. The van der Waals surface area contributed by atoms with E-state index in [-0.39, 0.29) is 32.1 Å². The lowest BCUT2D eigenvalue weighted by Gasteiger charge is -2.25. The molecule has 1 aromatic carbocycles. The number of halogens is 3. The molecule has 1 fully saturated rings. The molecule has 3 aromatic heterocycles. The van der Waals surface area contributed by atoms with Crippen molar-refractivity contribution in [2.24, 2.45) is 5.73 Å². The minimum absolute atomic E-state index is 0.00607. The second-order valence-electron chi connectivity index (χ2n) is 8.83. The topological polar surface area (TPSA) is 101 Å². The van der Waals surface area contributed by atoms with Crippen LogP contribution in [0, 0.1) is 0 Å². The molecule has 11 heteroatoms. The molecule has 0 unspecified atom stereocenters. The van der Waals surface area contributed by atoms with E-state index in [1.165, 1.54) is 12.5 Å². The Kier molecular flexibility index (Phi) is 6.74. The zero-order valence-electron chi connectivity index (χ0n) is 19.6. The van der Waals surface area contributed by atoms with Gasteiger partial charge in [-0.15, -0.1) is 11.3 Å². The maximum atomic E-state index is 13.6. The highest BCUT2D eigenvalue weighted by molar-refractivity contribution is 7.21. The molecule has 2 amide bonds. The Hall–Kier alpha value is -3.70. The predicted octanol–water partition coefficient (Wildman–Crippen LogP) is 5.91. The number of nitrogens with one attached hydrogen (secondary N) is 1. The van der Waals surface area contributed by atoms with E-state index >= 15 is 0 Å². The molecule has 0 radical (unpaired) electrons. The summed E-state index contributed by atoms with van der Waals surface area (Å²) in [6, 6.07) is 12.5. The number of fused-ring (bicyclic) bond motifs is 1. The number of rotatable bonds is 6. The normalized spacial score (nSPS) is 14.7. The number of anilines is 1. The third kappa shape index (κ3) is 5.23. The zero-order chi connectivity index (χ0) is 26.2. The van der Waals surface area contributed by atoms with E-state index in [1.54, 1.807) is 36.4 Å². The Morgan fingerprint density at radius 3 is 2.49 bits per heavy atom. The van der Waals surface area contributed by atoms with Crippen LogP contribution in [0.2, 0.25) is 0 Å². The van der Waals surface area contributed by atoms with Crippen LogP contribution in [-0.4, -0.2) is 34.8 Å². The minimum Gasteiger partial charge on any atom is -0.455 e. The van der Waals surface area contributed by atoms with E-state index in [9.17, 15) is 22.8 Å². The quantitative estimate of drug-likeness (QED) is 0.324. The number of hydrogen-bond acceptors (Lipinski definition) is 6. The SMILES string of the molecule is NC(=O)c1sc2nc(C(F)(F)F)cc(-c3ccccc3)c2c1NC(=O)c1ccc(CN2CCCCC2)o1. The highest BCUT2D eigenvalue weighted by atomic mass is 32.1. The number of hydrogen-bond donors (Lipinski definition) is 2. The number of thiophene rings is 1. The van der Waals surface area contributed by atoms with Crippen molar-refractivity contribution in [3.05, 3.63) is 70.6 Å². The first-order valence-electron chi connectivity index (χ1n) is 11.7. The molecule has 4 aromatic rings. The molecule has 5 rings (SSSR count). The van der Waals surface area contributed by atoms with Crippen LogP contribution in [0.25, 0.3) is 21.3 Å². The summed E-state index contributed by atoms with van der Waals surface area (Å²) in [7, 11) is 0. The Morgan fingerprint density at radius 2 is 1.81 bits per heavy atom. The molecular formula is C26H23F3N4O3S. The lowest BCUT2D eigenvalue weighted by atomic mass is 10.0. The number of furan rings is 1. The summed E-state index contributed by atoms with van der Waals surface area (Å²) in [5.74, 6) is -0.899. The maximum absolute atomic E-state index is 13.6. The van der Waals surface area contributed by atoms with Crippen LogP contribution in [0.5, 0.6) is 0 Å². The Morgan fingerprint density at radius 1 is 1.08 bits per heavy atom. The number of nitrogens with two attached hydrogens (primary N) is 1. The number of primary amides is 1. The molecule has 0 bridgehead atoms. The number of aromatic nitrogens is 1.